The topological polar surface area (TPSA) is 109 Å². The zero-order chi connectivity index (χ0) is 29.7. The fourth-order valence-corrected chi connectivity index (χ4v) is 8.50. The van der Waals surface area contributed by atoms with Crippen molar-refractivity contribution in [2.24, 2.45) is 5.92 Å². The van der Waals surface area contributed by atoms with E-state index in [0.29, 0.717) is 32.6 Å². The minimum Gasteiger partial charge on any atom is -0.483 e. The Labute approximate surface area is 262 Å². The maximum absolute atomic E-state index is 14.0. The molecule has 43 heavy (non-hydrogen) atoms. The lowest BCUT2D eigenvalue weighted by Crippen LogP contribution is -2.32. The largest absolute Gasteiger partial charge is 0.483 e. The Morgan fingerprint density at radius 1 is 0.907 bits per heavy atom. The van der Waals surface area contributed by atoms with Gasteiger partial charge in [0.05, 0.1) is 16.6 Å². The Bertz CT molecular complexity index is 1970. The molecule has 0 saturated carbocycles. The zero-order valence-electron chi connectivity index (χ0n) is 22.3. The van der Waals surface area contributed by atoms with Gasteiger partial charge in [-0.25, -0.2) is 4.90 Å². The third-order valence-electron chi connectivity index (χ3n) is 7.59. The lowest BCUT2D eigenvalue weighted by Gasteiger charge is -2.30. The number of hydrogen-bond acceptors (Lipinski definition) is 7. The molecule has 0 radical (unpaired) electrons. The molecule has 4 aromatic carbocycles. The first kappa shape index (κ1) is 27.6. The summed E-state index contributed by atoms with van der Waals surface area (Å²) in [6.45, 7) is -0.274. The van der Waals surface area contributed by atoms with Gasteiger partial charge in [0.15, 0.2) is 6.61 Å². The number of H-pyrrole nitrogens is 1. The number of thiazole rings is 1. The van der Waals surface area contributed by atoms with Crippen molar-refractivity contribution in [2.75, 3.05) is 16.8 Å². The van der Waals surface area contributed by atoms with Gasteiger partial charge in [0.2, 0.25) is 11.8 Å². The number of hydrogen-bond donors (Lipinski definition) is 2. The van der Waals surface area contributed by atoms with Gasteiger partial charge in [-0.05, 0) is 41.8 Å². The number of carbonyl (C=O) groups is 3. The molecular weight excluding hydrogens is 650 g/mol. The van der Waals surface area contributed by atoms with Crippen LogP contribution in [0.25, 0.3) is 10.8 Å². The van der Waals surface area contributed by atoms with E-state index in [-0.39, 0.29) is 29.2 Å². The highest BCUT2D eigenvalue weighted by molar-refractivity contribution is 9.10. The summed E-state index contributed by atoms with van der Waals surface area (Å²) in [5, 5.41) is 4.69. The first-order valence-corrected chi connectivity index (χ1v) is 15.9. The highest BCUT2D eigenvalue weighted by atomic mass is 79.9. The van der Waals surface area contributed by atoms with Crippen LogP contribution < -0.4 is 19.8 Å². The van der Waals surface area contributed by atoms with Crippen molar-refractivity contribution in [2.45, 2.75) is 16.2 Å². The van der Waals surface area contributed by atoms with E-state index in [2.05, 4.69) is 26.2 Å². The van der Waals surface area contributed by atoms with Crippen LogP contribution in [0.3, 0.4) is 0 Å². The second-order valence-corrected chi connectivity index (χ2v) is 13.2. The molecule has 3 heterocycles. The van der Waals surface area contributed by atoms with Crippen LogP contribution in [0.2, 0.25) is 0 Å². The van der Waals surface area contributed by atoms with Gasteiger partial charge >= 0.3 is 4.87 Å². The number of imide groups is 1. The number of amides is 3. The van der Waals surface area contributed by atoms with Gasteiger partial charge in [-0.3, -0.25) is 19.2 Å². The van der Waals surface area contributed by atoms with E-state index in [1.165, 1.54) is 16.7 Å². The molecular formula is C32H22BrN3O5S2. The predicted octanol–water partition coefficient (Wildman–Crippen LogP) is 6.17. The highest BCUT2D eigenvalue weighted by Gasteiger charge is 2.56. The van der Waals surface area contributed by atoms with E-state index < -0.39 is 17.1 Å². The maximum atomic E-state index is 14.0. The van der Waals surface area contributed by atoms with E-state index in [4.69, 9.17) is 4.74 Å². The van der Waals surface area contributed by atoms with Crippen molar-refractivity contribution in [3.63, 3.8) is 0 Å². The van der Waals surface area contributed by atoms with Crippen molar-refractivity contribution >= 4 is 78.9 Å². The molecule has 8 nitrogen and oxygen atoms in total. The molecule has 0 aliphatic carbocycles. The Morgan fingerprint density at radius 2 is 1.65 bits per heavy atom. The molecule has 5 aromatic rings. The van der Waals surface area contributed by atoms with Gasteiger partial charge in [0, 0.05) is 31.9 Å². The van der Waals surface area contributed by atoms with E-state index in [9.17, 15) is 19.2 Å². The van der Waals surface area contributed by atoms with E-state index in [1.807, 2.05) is 54.6 Å². The van der Waals surface area contributed by atoms with E-state index in [1.54, 1.807) is 36.4 Å². The number of aromatic nitrogens is 1. The first-order chi connectivity index (χ1) is 20.9. The number of nitrogens with zero attached hydrogens (tertiary/aromatic N) is 1. The number of fused-ring (bicyclic) bond motifs is 3. The van der Waals surface area contributed by atoms with Crippen LogP contribution in [-0.2, 0) is 14.4 Å². The number of thioether (sulfide) groups is 1. The van der Waals surface area contributed by atoms with Gasteiger partial charge in [-0.1, -0.05) is 93.6 Å². The molecule has 1 fully saturated rings. The van der Waals surface area contributed by atoms with Crippen LogP contribution in [0, 0.1) is 5.92 Å². The van der Waals surface area contributed by atoms with E-state index in [0.717, 1.165) is 26.6 Å². The number of ether oxygens (including phenoxy) is 1. The molecule has 2 N–H and O–H groups in total. The van der Waals surface area contributed by atoms with Crippen molar-refractivity contribution in [3.8, 4) is 5.75 Å². The minimum absolute atomic E-state index is 0.264. The third-order valence-corrected chi connectivity index (χ3v) is 10.5. The molecule has 1 aromatic heterocycles. The average molecular weight is 673 g/mol. The predicted molar refractivity (Wildman–Crippen MR) is 171 cm³/mol. The second kappa shape index (κ2) is 11.1. The molecule has 2 aliphatic rings. The molecule has 1 saturated heterocycles. The highest BCUT2D eigenvalue weighted by Crippen LogP contribution is 2.54. The molecule has 0 spiro atoms. The van der Waals surface area contributed by atoms with Crippen molar-refractivity contribution in [1.82, 2.24) is 4.98 Å². The lowest BCUT2D eigenvalue weighted by molar-refractivity contribution is -0.122. The first-order valence-electron chi connectivity index (χ1n) is 13.4. The monoisotopic (exact) mass is 671 g/mol. The second-order valence-electron chi connectivity index (χ2n) is 10.1. The molecule has 11 heteroatoms. The van der Waals surface area contributed by atoms with Gasteiger partial charge in [0.1, 0.15) is 11.0 Å². The van der Waals surface area contributed by atoms with Crippen LogP contribution in [-0.4, -0.2) is 34.6 Å². The Balaban J connectivity index is 1.21. The summed E-state index contributed by atoms with van der Waals surface area (Å²) in [5.41, 5.74) is 1.79. The van der Waals surface area contributed by atoms with Gasteiger partial charge in [-0.2, -0.15) is 0 Å². The number of carbonyl (C=O) groups excluding carboxylic acids is 3. The summed E-state index contributed by atoms with van der Waals surface area (Å²) in [6, 6.07) is 27.6. The smallest absolute Gasteiger partial charge is 0.305 e. The average Bonchev–Trinajstić information content (AvgIpc) is 3.51. The van der Waals surface area contributed by atoms with Gasteiger partial charge < -0.3 is 15.0 Å². The van der Waals surface area contributed by atoms with Crippen molar-refractivity contribution in [1.29, 1.82) is 0 Å². The van der Waals surface area contributed by atoms with Crippen LogP contribution in [0.4, 0.5) is 11.4 Å². The lowest BCUT2D eigenvalue weighted by atomic mass is 9.82. The number of nitrogens with one attached hydrogen (secondary N) is 2. The molecule has 214 valence electrons. The Hall–Kier alpha value is -4.19. The fourth-order valence-electron chi connectivity index (χ4n) is 5.73. The minimum atomic E-state index is -0.769. The van der Waals surface area contributed by atoms with Crippen molar-refractivity contribution < 1.29 is 19.1 Å². The molecule has 2 aliphatic heterocycles. The Morgan fingerprint density at radius 3 is 2.49 bits per heavy atom. The summed E-state index contributed by atoms with van der Waals surface area (Å²) < 4.78 is 6.90. The normalized spacial score (nSPS) is 19.3. The summed E-state index contributed by atoms with van der Waals surface area (Å²) >= 11 is 5.64. The number of para-hydroxylation sites is 1. The van der Waals surface area contributed by atoms with Crippen molar-refractivity contribution in [3.05, 3.63) is 116 Å². The number of aromatic amines is 1. The van der Waals surface area contributed by atoms with Gasteiger partial charge in [0.25, 0.3) is 5.91 Å². The SMILES string of the molecule is O=C(COc1ccccc1[C@@H]1c2sc(=O)[nH]c2S[C@H]2C(=O)N(c3ccc(Br)cc3)C(=O)[C@@H]12)Nc1cccc2ccccc12. The number of benzene rings is 4. The van der Waals surface area contributed by atoms with E-state index >= 15 is 0 Å². The maximum Gasteiger partial charge on any atom is 0.305 e. The summed E-state index contributed by atoms with van der Waals surface area (Å²) in [6.07, 6.45) is 0. The van der Waals surface area contributed by atoms with Crippen LogP contribution in [0.15, 0.2) is 105 Å². The molecule has 0 unspecified atom stereocenters. The Kier molecular flexibility index (Phi) is 7.16. The zero-order valence-corrected chi connectivity index (χ0v) is 25.5. The van der Waals surface area contributed by atoms with Gasteiger partial charge in [-0.15, -0.1) is 0 Å². The standard InChI is InChI=1S/C32H22BrN3O5S2/c33-18-12-14-19(15-13-18)36-30(38)26-25(27-29(35-32(40)43-27)42-28(26)31(36)39)21-9-3-4-11-23(21)41-16-24(37)34-22-10-5-7-17-6-1-2-8-20(17)22/h1-15,25-26,28H,16H2,(H,34,37)(H,35,40)/t25-,26-,28+/m0/s1. The summed E-state index contributed by atoms with van der Waals surface area (Å²) in [7, 11) is 0. The summed E-state index contributed by atoms with van der Waals surface area (Å²) in [4.78, 5) is 57.7. The quantitative estimate of drug-likeness (QED) is 0.209. The number of anilines is 2. The number of halogens is 1. The third kappa shape index (κ3) is 4.97. The molecule has 0 bridgehead atoms. The molecule has 7 rings (SSSR count). The molecule has 3 amide bonds. The summed E-state index contributed by atoms with van der Waals surface area (Å²) in [5.74, 6) is -2.01. The van der Waals surface area contributed by atoms with Crippen LogP contribution in [0.5, 0.6) is 5.75 Å². The van der Waals surface area contributed by atoms with Crippen LogP contribution >= 0.6 is 39.0 Å². The van der Waals surface area contributed by atoms with Crippen LogP contribution in [0.1, 0.15) is 16.4 Å². The molecule has 3 atom stereocenters. The fraction of sp³-hybridized carbons (Fsp3) is 0.125. The number of rotatable bonds is 6.